The van der Waals surface area contributed by atoms with Gasteiger partial charge in [0.15, 0.2) is 0 Å². The largest absolute Gasteiger partial charge is 0.495 e. The van der Waals surface area contributed by atoms with Gasteiger partial charge < -0.3 is 9.64 Å². The molecule has 3 rings (SSSR count). The van der Waals surface area contributed by atoms with Crippen molar-refractivity contribution < 1.29 is 22.5 Å². The summed E-state index contributed by atoms with van der Waals surface area (Å²) in [5.74, 6) is -0.183. The number of carbonyl (C=O) groups excluding carboxylic acids is 1. The lowest BCUT2D eigenvalue weighted by Gasteiger charge is -2.17. The third kappa shape index (κ3) is 2.34. The molecule has 1 aliphatic heterocycles. The number of fused-ring (bicyclic) bond motifs is 1. The van der Waals surface area contributed by atoms with Crippen molar-refractivity contribution in [3.8, 4) is 5.75 Å². The second kappa shape index (κ2) is 5.11. The van der Waals surface area contributed by atoms with Crippen LogP contribution in [-0.2, 0) is 16.7 Å². The van der Waals surface area contributed by atoms with Crippen molar-refractivity contribution in [2.75, 3.05) is 12.0 Å². The Labute approximate surface area is 127 Å². The average molecular weight is 319 g/mol. The zero-order valence-corrected chi connectivity index (χ0v) is 12.5. The van der Waals surface area contributed by atoms with Crippen LogP contribution in [0.25, 0.3) is 0 Å². The van der Waals surface area contributed by atoms with Crippen molar-refractivity contribution in [3.05, 3.63) is 53.6 Å². The lowest BCUT2D eigenvalue weighted by atomic mass is 10.1. The van der Waals surface area contributed by atoms with E-state index >= 15 is 0 Å². The summed E-state index contributed by atoms with van der Waals surface area (Å²) in [7, 11) is -3.14. The monoisotopic (exact) mass is 319 g/mol. The summed E-state index contributed by atoms with van der Waals surface area (Å²) in [5, 5.41) is 0. The van der Waals surface area contributed by atoms with Gasteiger partial charge in [0, 0.05) is 11.3 Å². The second-order valence-corrected chi connectivity index (χ2v) is 6.25. The van der Waals surface area contributed by atoms with E-state index in [0.717, 1.165) is 5.56 Å². The van der Waals surface area contributed by atoms with Crippen LogP contribution in [0, 0.1) is 0 Å². The summed E-state index contributed by atoms with van der Waals surface area (Å²) >= 11 is 0. The summed E-state index contributed by atoms with van der Waals surface area (Å²) in [5.41, 5.74) is 1.85. The Balaban J connectivity index is 2.06. The fourth-order valence-corrected chi connectivity index (χ4v) is 3.17. The third-order valence-electron chi connectivity index (χ3n) is 3.56. The molecule has 0 atom stereocenters. The molecule has 7 heteroatoms. The molecule has 114 valence electrons. The van der Waals surface area contributed by atoms with Gasteiger partial charge in [0.25, 0.3) is 16.0 Å². The van der Waals surface area contributed by atoms with Gasteiger partial charge in [-0.3, -0.25) is 9.35 Å². The SMILES string of the molecule is COc1ccc(N2Cc3ccccc3C2=O)cc1S(=O)(=O)O. The maximum Gasteiger partial charge on any atom is 0.298 e. The molecule has 2 aromatic rings. The molecule has 2 aromatic carbocycles. The zero-order valence-electron chi connectivity index (χ0n) is 11.7. The van der Waals surface area contributed by atoms with Gasteiger partial charge >= 0.3 is 0 Å². The number of hydrogen-bond acceptors (Lipinski definition) is 4. The Morgan fingerprint density at radius 3 is 2.55 bits per heavy atom. The minimum Gasteiger partial charge on any atom is -0.495 e. The fourth-order valence-electron chi connectivity index (χ4n) is 2.50. The molecule has 1 amide bonds. The van der Waals surface area contributed by atoms with Crippen molar-refractivity contribution >= 4 is 21.7 Å². The molecule has 0 aromatic heterocycles. The molecular weight excluding hydrogens is 306 g/mol. The molecule has 0 radical (unpaired) electrons. The molecule has 0 saturated heterocycles. The molecule has 0 bridgehead atoms. The predicted molar refractivity (Wildman–Crippen MR) is 79.8 cm³/mol. The standard InChI is InChI=1S/C15H13NO5S/c1-21-13-7-6-11(8-14(13)22(18,19)20)16-9-10-4-2-3-5-12(10)15(16)17/h2-8H,9H2,1H3,(H,18,19,20). The highest BCUT2D eigenvalue weighted by Crippen LogP contribution is 2.33. The number of carbonyl (C=O) groups is 1. The Bertz CT molecular complexity index is 860. The van der Waals surface area contributed by atoms with E-state index in [0.29, 0.717) is 17.8 Å². The first-order chi connectivity index (χ1) is 10.4. The van der Waals surface area contributed by atoms with Crippen LogP contribution < -0.4 is 9.64 Å². The van der Waals surface area contributed by atoms with Gasteiger partial charge in [-0.25, -0.2) is 0 Å². The topological polar surface area (TPSA) is 83.9 Å². The molecular formula is C15H13NO5S. The number of rotatable bonds is 3. The van der Waals surface area contributed by atoms with Crippen molar-refractivity contribution in [3.63, 3.8) is 0 Å². The number of anilines is 1. The molecule has 0 fully saturated rings. The van der Waals surface area contributed by atoms with E-state index in [-0.39, 0.29) is 16.6 Å². The minimum absolute atomic E-state index is 0.0235. The Kier molecular flexibility index (Phi) is 3.38. The molecule has 0 spiro atoms. The lowest BCUT2D eigenvalue weighted by Crippen LogP contribution is -2.23. The number of methoxy groups -OCH3 is 1. The van der Waals surface area contributed by atoms with E-state index in [2.05, 4.69) is 0 Å². The number of hydrogen-bond donors (Lipinski definition) is 1. The van der Waals surface area contributed by atoms with Gasteiger partial charge in [-0.1, -0.05) is 18.2 Å². The van der Waals surface area contributed by atoms with Crippen molar-refractivity contribution in [2.45, 2.75) is 11.4 Å². The highest BCUT2D eigenvalue weighted by Gasteiger charge is 2.29. The average Bonchev–Trinajstić information content (AvgIpc) is 2.83. The van der Waals surface area contributed by atoms with Crippen LogP contribution in [0.2, 0.25) is 0 Å². The zero-order chi connectivity index (χ0) is 15.9. The van der Waals surface area contributed by atoms with Gasteiger partial charge in [-0.15, -0.1) is 0 Å². The predicted octanol–water partition coefficient (Wildman–Crippen LogP) is 2.10. The molecule has 22 heavy (non-hydrogen) atoms. The fraction of sp³-hybridized carbons (Fsp3) is 0.133. The summed E-state index contributed by atoms with van der Waals surface area (Å²) in [6.45, 7) is 0.353. The van der Waals surface area contributed by atoms with Crippen molar-refractivity contribution in [2.24, 2.45) is 0 Å². The Morgan fingerprint density at radius 2 is 1.91 bits per heavy atom. The number of ether oxygens (including phenoxy) is 1. The van der Waals surface area contributed by atoms with Crippen LogP contribution >= 0.6 is 0 Å². The molecule has 1 heterocycles. The Hall–Kier alpha value is -2.38. The van der Waals surface area contributed by atoms with Gasteiger partial charge in [0.2, 0.25) is 0 Å². The quantitative estimate of drug-likeness (QED) is 0.876. The molecule has 1 aliphatic rings. The van der Waals surface area contributed by atoms with E-state index < -0.39 is 10.1 Å². The lowest BCUT2D eigenvalue weighted by molar-refractivity contribution is 0.0996. The highest BCUT2D eigenvalue weighted by atomic mass is 32.2. The van der Waals surface area contributed by atoms with Crippen LogP contribution in [0.4, 0.5) is 5.69 Å². The van der Waals surface area contributed by atoms with Crippen molar-refractivity contribution in [1.29, 1.82) is 0 Å². The van der Waals surface area contributed by atoms with Gasteiger partial charge in [-0.05, 0) is 29.8 Å². The highest BCUT2D eigenvalue weighted by molar-refractivity contribution is 7.86. The number of nitrogens with zero attached hydrogens (tertiary/aromatic N) is 1. The molecule has 1 N–H and O–H groups in total. The first-order valence-electron chi connectivity index (χ1n) is 6.47. The summed E-state index contributed by atoms with van der Waals surface area (Å²) < 4.78 is 37.1. The van der Waals surface area contributed by atoms with E-state index in [1.54, 1.807) is 18.2 Å². The maximum atomic E-state index is 12.4. The Morgan fingerprint density at radius 1 is 1.18 bits per heavy atom. The molecule has 6 nitrogen and oxygen atoms in total. The van der Waals surface area contributed by atoms with Crippen LogP contribution in [0.1, 0.15) is 15.9 Å². The number of benzene rings is 2. The first-order valence-corrected chi connectivity index (χ1v) is 7.91. The van der Waals surface area contributed by atoms with Crippen LogP contribution in [0.5, 0.6) is 5.75 Å². The third-order valence-corrected chi connectivity index (χ3v) is 4.43. The van der Waals surface area contributed by atoms with Gasteiger partial charge in [0.1, 0.15) is 10.6 Å². The van der Waals surface area contributed by atoms with Crippen molar-refractivity contribution in [1.82, 2.24) is 0 Å². The maximum absolute atomic E-state index is 12.4. The van der Waals surface area contributed by atoms with Crippen LogP contribution in [-0.4, -0.2) is 26.0 Å². The van der Waals surface area contributed by atoms with E-state index in [4.69, 9.17) is 4.74 Å². The van der Waals surface area contributed by atoms with Gasteiger partial charge in [-0.2, -0.15) is 8.42 Å². The summed E-state index contributed by atoms with van der Waals surface area (Å²) in [6.07, 6.45) is 0. The van der Waals surface area contributed by atoms with E-state index in [9.17, 15) is 17.8 Å². The normalized spacial score (nSPS) is 14.1. The molecule has 0 aliphatic carbocycles. The van der Waals surface area contributed by atoms with Gasteiger partial charge in [0.05, 0.1) is 13.7 Å². The van der Waals surface area contributed by atoms with E-state index in [1.165, 1.54) is 24.1 Å². The second-order valence-electron chi connectivity index (χ2n) is 4.86. The smallest absolute Gasteiger partial charge is 0.298 e. The molecule has 0 saturated carbocycles. The minimum atomic E-state index is -4.45. The summed E-state index contributed by atoms with van der Waals surface area (Å²) in [6, 6.07) is 11.4. The molecule has 0 unspecified atom stereocenters. The van der Waals surface area contributed by atoms with E-state index in [1.807, 2.05) is 12.1 Å². The van der Waals surface area contributed by atoms with Crippen LogP contribution in [0.3, 0.4) is 0 Å². The van der Waals surface area contributed by atoms with Crippen LogP contribution in [0.15, 0.2) is 47.4 Å². The first kappa shape index (κ1) is 14.6. The summed E-state index contributed by atoms with van der Waals surface area (Å²) in [4.78, 5) is 13.5. The number of amides is 1.